The van der Waals surface area contributed by atoms with Crippen molar-refractivity contribution in [3.05, 3.63) is 102 Å². The molecule has 0 unspecified atom stereocenters. The van der Waals surface area contributed by atoms with E-state index in [2.05, 4.69) is 15.0 Å². The lowest BCUT2D eigenvalue weighted by Gasteiger charge is -2.15. The van der Waals surface area contributed by atoms with E-state index < -0.39 is 5.57 Å². The summed E-state index contributed by atoms with van der Waals surface area (Å²) >= 11 is 4.77. The van der Waals surface area contributed by atoms with E-state index in [1.807, 2.05) is 55.5 Å². The van der Waals surface area contributed by atoms with Crippen molar-refractivity contribution < 1.29 is 18.3 Å². The predicted molar refractivity (Wildman–Crippen MR) is 126 cm³/mol. The van der Waals surface area contributed by atoms with Gasteiger partial charge in [0.05, 0.1) is 0 Å². The van der Waals surface area contributed by atoms with E-state index in [1.54, 1.807) is 18.5 Å². The number of carbonyl (C=O) groups is 1. The van der Waals surface area contributed by atoms with Crippen molar-refractivity contribution in [1.82, 2.24) is 4.98 Å². The van der Waals surface area contributed by atoms with E-state index in [4.69, 9.17) is 11.6 Å². The normalized spacial score (nSPS) is 11.2. The number of aryl methyl sites for hydroxylation is 1. The lowest BCUT2D eigenvalue weighted by molar-refractivity contribution is -0.0964. The molecule has 0 saturated heterocycles. The number of rotatable bonds is 6. The van der Waals surface area contributed by atoms with Gasteiger partial charge < -0.3 is 10.1 Å². The fraction of sp³-hybridized carbons (Fsp3) is 0.0769. The largest absolute Gasteiger partial charge is 0.487 e. The molecule has 1 aromatic heterocycles. The first-order valence-electron chi connectivity index (χ1n) is 10.1. The number of alkyl halides is 3. The number of hydrogen-bond acceptors (Lipinski definition) is 3. The smallest absolute Gasteiger partial charge is 0.420 e. The fourth-order valence-electron chi connectivity index (χ4n) is 3.50. The van der Waals surface area contributed by atoms with Crippen LogP contribution in [-0.4, -0.2) is 16.5 Å². The van der Waals surface area contributed by atoms with Gasteiger partial charge in [0, 0.05) is 40.8 Å². The first-order valence-corrected chi connectivity index (χ1v) is 10.5. The Morgan fingerprint density at radius 2 is 1.70 bits per heavy atom. The molecule has 1 heterocycles. The molecule has 7 heteroatoms. The van der Waals surface area contributed by atoms with Crippen LogP contribution in [0.5, 0.6) is 5.75 Å². The Kier molecular flexibility index (Phi) is 6.38. The predicted octanol–water partition coefficient (Wildman–Crippen LogP) is 7.14. The van der Waals surface area contributed by atoms with Gasteiger partial charge in [-0.1, -0.05) is 36.4 Å². The van der Waals surface area contributed by atoms with Crippen LogP contribution in [0.25, 0.3) is 22.3 Å². The second kappa shape index (κ2) is 9.38. The van der Waals surface area contributed by atoms with Crippen molar-refractivity contribution in [2.24, 2.45) is 0 Å². The van der Waals surface area contributed by atoms with Gasteiger partial charge in [-0.15, -0.1) is 8.78 Å². The van der Waals surface area contributed by atoms with E-state index in [9.17, 15) is 13.6 Å². The summed E-state index contributed by atoms with van der Waals surface area (Å²) in [6, 6.07) is 22.8. The second-order valence-electron chi connectivity index (χ2n) is 7.34. The molecule has 0 bridgehead atoms. The van der Waals surface area contributed by atoms with Gasteiger partial charge >= 0.3 is 5.57 Å². The summed E-state index contributed by atoms with van der Waals surface area (Å²) in [6.45, 7) is 2.04. The highest BCUT2D eigenvalue weighted by atomic mass is 35.5. The van der Waals surface area contributed by atoms with Crippen LogP contribution in [0.4, 0.5) is 14.5 Å². The summed E-state index contributed by atoms with van der Waals surface area (Å²) in [5.41, 5.74) is 1.99. The standard InChI is InChI=1S/C26H19ClF2N2O2/c1-17-5-2-3-7-22(17)23-13-8-18(15-24(23)19-6-4-14-30-16-19)25(32)31-20-9-11-21(12-10-20)33-26(27,28)29/h2-16H,1H3,(H,31,32). The molecule has 4 nitrogen and oxygen atoms in total. The molecule has 1 amide bonds. The van der Waals surface area contributed by atoms with E-state index in [0.717, 1.165) is 27.8 Å². The zero-order valence-electron chi connectivity index (χ0n) is 17.6. The highest BCUT2D eigenvalue weighted by molar-refractivity contribution is 6.20. The average Bonchev–Trinajstić information content (AvgIpc) is 2.80. The Hall–Kier alpha value is -3.77. The van der Waals surface area contributed by atoms with Crippen LogP contribution in [0.15, 0.2) is 91.3 Å². The van der Waals surface area contributed by atoms with Gasteiger partial charge in [-0.2, -0.15) is 0 Å². The van der Waals surface area contributed by atoms with Crippen LogP contribution in [0.1, 0.15) is 15.9 Å². The topological polar surface area (TPSA) is 51.2 Å². The Labute approximate surface area is 194 Å². The van der Waals surface area contributed by atoms with E-state index in [1.165, 1.54) is 24.3 Å². The maximum absolute atomic E-state index is 12.9. The zero-order chi connectivity index (χ0) is 23.4. The van der Waals surface area contributed by atoms with Crippen molar-refractivity contribution in [2.75, 3.05) is 5.32 Å². The molecule has 0 atom stereocenters. The van der Waals surface area contributed by atoms with E-state index >= 15 is 0 Å². The van der Waals surface area contributed by atoms with Crippen LogP contribution in [0.3, 0.4) is 0 Å². The molecule has 0 fully saturated rings. The van der Waals surface area contributed by atoms with Gasteiger partial charge in [-0.25, -0.2) is 0 Å². The lowest BCUT2D eigenvalue weighted by Crippen LogP contribution is -2.15. The number of halogens is 3. The first kappa shape index (κ1) is 22.4. The third kappa shape index (κ3) is 5.54. The van der Waals surface area contributed by atoms with E-state index in [-0.39, 0.29) is 11.7 Å². The van der Waals surface area contributed by atoms with E-state index in [0.29, 0.717) is 11.3 Å². The summed E-state index contributed by atoms with van der Waals surface area (Å²) in [7, 11) is 0. The van der Waals surface area contributed by atoms with Crippen molar-refractivity contribution in [1.29, 1.82) is 0 Å². The molecular weight excluding hydrogens is 446 g/mol. The Balaban J connectivity index is 1.65. The minimum absolute atomic E-state index is 0.116. The molecule has 0 aliphatic carbocycles. The average molecular weight is 465 g/mol. The number of nitrogens with zero attached hydrogens (tertiary/aromatic N) is 1. The number of aromatic nitrogens is 1. The fourth-order valence-corrected chi connectivity index (χ4v) is 3.59. The number of ether oxygens (including phenoxy) is 1. The van der Waals surface area contributed by atoms with Crippen molar-refractivity contribution in [3.63, 3.8) is 0 Å². The van der Waals surface area contributed by atoms with Gasteiger partial charge in [0.25, 0.3) is 5.91 Å². The Bertz CT molecular complexity index is 1270. The van der Waals surface area contributed by atoms with Crippen molar-refractivity contribution in [2.45, 2.75) is 12.5 Å². The zero-order valence-corrected chi connectivity index (χ0v) is 18.3. The molecule has 0 aliphatic rings. The SMILES string of the molecule is Cc1ccccc1-c1ccc(C(=O)Nc2ccc(OC(F)(F)Cl)cc2)cc1-c1cccnc1. The first-order chi connectivity index (χ1) is 15.8. The number of hydrogen-bond donors (Lipinski definition) is 1. The van der Waals surface area contributed by atoms with Gasteiger partial charge in [-0.05, 0) is 71.6 Å². The summed E-state index contributed by atoms with van der Waals surface area (Å²) in [5, 5.41) is 2.77. The third-order valence-corrected chi connectivity index (χ3v) is 5.11. The van der Waals surface area contributed by atoms with Gasteiger partial charge in [-0.3, -0.25) is 9.78 Å². The van der Waals surface area contributed by atoms with Crippen LogP contribution < -0.4 is 10.1 Å². The summed E-state index contributed by atoms with van der Waals surface area (Å²) in [5.74, 6) is -0.456. The van der Waals surface area contributed by atoms with Crippen LogP contribution in [-0.2, 0) is 0 Å². The minimum Gasteiger partial charge on any atom is -0.420 e. The molecule has 0 aliphatic heterocycles. The number of nitrogens with one attached hydrogen (secondary N) is 1. The quantitative estimate of drug-likeness (QED) is 0.308. The molecule has 0 spiro atoms. The monoisotopic (exact) mass is 464 g/mol. The number of anilines is 1. The Morgan fingerprint density at radius 1 is 0.939 bits per heavy atom. The van der Waals surface area contributed by atoms with Crippen molar-refractivity contribution in [3.8, 4) is 28.0 Å². The number of carbonyl (C=O) groups excluding carboxylic acids is 1. The molecule has 166 valence electrons. The summed E-state index contributed by atoms with van der Waals surface area (Å²) in [4.78, 5) is 17.1. The maximum atomic E-state index is 12.9. The lowest BCUT2D eigenvalue weighted by atomic mass is 9.91. The highest BCUT2D eigenvalue weighted by Gasteiger charge is 2.27. The van der Waals surface area contributed by atoms with Crippen LogP contribution in [0.2, 0.25) is 0 Å². The third-order valence-electron chi connectivity index (χ3n) is 5.04. The number of pyridine rings is 1. The molecule has 0 saturated carbocycles. The summed E-state index contributed by atoms with van der Waals surface area (Å²) in [6.07, 6.45) is 3.45. The van der Waals surface area contributed by atoms with Crippen molar-refractivity contribution >= 4 is 23.2 Å². The number of benzene rings is 3. The second-order valence-corrected chi connectivity index (χ2v) is 7.78. The van der Waals surface area contributed by atoms with Crippen LogP contribution >= 0.6 is 11.6 Å². The van der Waals surface area contributed by atoms with Crippen LogP contribution in [0, 0.1) is 6.92 Å². The van der Waals surface area contributed by atoms with Gasteiger partial charge in [0.2, 0.25) is 0 Å². The maximum Gasteiger partial charge on any atom is 0.487 e. The minimum atomic E-state index is -3.80. The highest BCUT2D eigenvalue weighted by Crippen LogP contribution is 2.34. The molecule has 33 heavy (non-hydrogen) atoms. The molecule has 4 aromatic rings. The number of amides is 1. The van der Waals surface area contributed by atoms with Gasteiger partial charge in [0.1, 0.15) is 5.75 Å². The summed E-state index contributed by atoms with van der Waals surface area (Å²) < 4.78 is 29.8. The Morgan fingerprint density at radius 3 is 2.36 bits per heavy atom. The van der Waals surface area contributed by atoms with Gasteiger partial charge in [0.15, 0.2) is 0 Å². The molecule has 0 radical (unpaired) electrons. The molecule has 4 rings (SSSR count). The molecular formula is C26H19ClF2N2O2. The molecule has 1 N–H and O–H groups in total. The molecule has 3 aromatic carbocycles.